The number of alkyl halides is 3. The van der Waals surface area contributed by atoms with E-state index in [1.807, 2.05) is 0 Å². The standard InChI is InChI=1S/C12H14BrF3N2O2/c1-17-6-2-3-11(19)18-9-5-4-8(13)7-10(9)20-12(14,15)16/h4-5,7,17H,2-3,6H2,1H3,(H,18,19). The van der Waals surface area contributed by atoms with Crippen LogP contribution in [-0.2, 0) is 4.79 Å². The van der Waals surface area contributed by atoms with E-state index in [2.05, 4.69) is 31.3 Å². The van der Waals surface area contributed by atoms with Gasteiger partial charge in [0.25, 0.3) is 0 Å². The van der Waals surface area contributed by atoms with Gasteiger partial charge in [0.15, 0.2) is 5.75 Å². The van der Waals surface area contributed by atoms with Gasteiger partial charge in [0.05, 0.1) is 5.69 Å². The van der Waals surface area contributed by atoms with Crippen LogP contribution in [0, 0.1) is 0 Å². The number of carbonyl (C=O) groups excluding carboxylic acids is 1. The summed E-state index contributed by atoms with van der Waals surface area (Å²) >= 11 is 3.05. The first-order chi connectivity index (χ1) is 9.31. The van der Waals surface area contributed by atoms with E-state index in [0.717, 1.165) is 6.07 Å². The number of carbonyl (C=O) groups is 1. The van der Waals surface area contributed by atoms with Crippen molar-refractivity contribution in [2.75, 3.05) is 18.9 Å². The van der Waals surface area contributed by atoms with Gasteiger partial charge in [0.1, 0.15) is 0 Å². The van der Waals surface area contributed by atoms with E-state index < -0.39 is 12.1 Å². The number of rotatable bonds is 6. The molecule has 0 heterocycles. The maximum absolute atomic E-state index is 12.3. The van der Waals surface area contributed by atoms with Gasteiger partial charge >= 0.3 is 6.36 Å². The van der Waals surface area contributed by atoms with Crippen LogP contribution in [0.1, 0.15) is 12.8 Å². The molecule has 1 aromatic carbocycles. The Kier molecular flexibility index (Phi) is 6.28. The van der Waals surface area contributed by atoms with Gasteiger partial charge in [0, 0.05) is 10.9 Å². The summed E-state index contributed by atoms with van der Waals surface area (Å²) in [7, 11) is 1.75. The molecule has 0 aromatic heterocycles. The molecule has 2 N–H and O–H groups in total. The van der Waals surface area contributed by atoms with Gasteiger partial charge in [-0.05, 0) is 38.2 Å². The molecule has 112 valence electrons. The second-order valence-electron chi connectivity index (χ2n) is 3.94. The Hall–Kier alpha value is -1.28. The van der Waals surface area contributed by atoms with Gasteiger partial charge in [-0.3, -0.25) is 4.79 Å². The lowest BCUT2D eigenvalue weighted by Crippen LogP contribution is -2.20. The smallest absolute Gasteiger partial charge is 0.404 e. The minimum absolute atomic E-state index is 0.0139. The monoisotopic (exact) mass is 354 g/mol. The molecule has 0 aliphatic rings. The zero-order valence-corrected chi connectivity index (χ0v) is 12.3. The molecule has 0 bridgehead atoms. The number of halogens is 4. The van der Waals surface area contributed by atoms with Crippen LogP contribution in [-0.4, -0.2) is 25.9 Å². The van der Waals surface area contributed by atoms with E-state index in [9.17, 15) is 18.0 Å². The van der Waals surface area contributed by atoms with Gasteiger partial charge in [0.2, 0.25) is 5.91 Å². The molecule has 8 heteroatoms. The predicted octanol–water partition coefficient (Wildman–Crippen LogP) is 3.29. The fourth-order valence-electron chi connectivity index (χ4n) is 1.45. The van der Waals surface area contributed by atoms with Gasteiger partial charge in [-0.25, -0.2) is 0 Å². The van der Waals surface area contributed by atoms with Gasteiger partial charge < -0.3 is 15.4 Å². The summed E-state index contributed by atoms with van der Waals surface area (Å²) in [5, 5.41) is 5.28. The molecule has 20 heavy (non-hydrogen) atoms. The highest BCUT2D eigenvalue weighted by Crippen LogP contribution is 2.33. The van der Waals surface area contributed by atoms with Crippen LogP contribution in [0.4, 0.5) is 18.9 Å². The molecule has 0 fully saturated rings. The maximum atomic E-state index is 12.3. The average Bonchev–Trinajstić information content (AvgIpc) is 2.31. The van der Waals surface area contributed by atoms with E-state index >= 15 is 0 Å². The molecule has 0 saturated heterocycles. The maximum Gasteiger partial charge on any atom is 0.573 e. The van der Waals surface area contributed by atoms with Crippen molar-refractivity contribution in [3.63, 3.8) is 0 Å². The lowest BCUT2D eigenvalue weighted by molar-refractivity contribution is -0.274. The fraction of sp³-hybridized carbons (Fsp3) is 0.417. The summed E-state index contributed by atoms with van der Waals surface area (Å²) in [6, 6.07) is 4.02. The number of nitrogens with one attached hydrogen (secondary N) is 2. The Morgan fingerprint density at radius 2 is 2.10 bits per heavy atom. The molecule has 1 amide bonds. The van der Waals surface area contributed by atoms with Gasteiger partial charge in [-0.15, -0.1) is 13.2 Å². The zero-order chi connectivity index (χ0) is 15.2. The van der Waals surface area contributed by atoms with E-state index in [4.69, 9.17) is 0 Å². The molecule has 1 rings (SSSR count). The van der Waals surface area contributed by atoms with Crippen LogP contribution in [0.2, 0.25) is 0 Å². The molecule has 0 unspecified atom stereocenters. The largest absolute Gasteiger partial charge is 0.573 e. The van der Waals surface area contributed by atoms with Crippen LogP contribution >= 0.6 is 15.9 Å². The van der Waals surface area contributed by atoms with Gasteiger partial charge in [-0.2, -0.15) is 0 Å². The molecular formula is C12H14BrF3N2O2. The van der Waals surface area contributed by atoms with E-state index in [1.165, 1.54) is 12.1 Å². The zero-order valence-electron chi connectivity index (χ0n) is 10.7. The highest BCUT2D eigenvalue weighted by atomic mass is 79.9. The molecule has 0 aliphatic heterocycles. The Bertz CT molecular complexity index is 467. The number of hydrogen-bond acceptors (Lipinski definition) is 3. The molecule has 0 saturated carbocycles. The van der Waals surface area contributed by atoms with Crippen molar-refractivity contribution in [1.82, 2.24) is 5.32 Å². The SMILES string of the molecule is CNCCCC(=O)Nc1ccc(Br)cc1OC(F)(F)F. The van der Waals surface area contributed by atoms with Crippen LogP contribution < -0.4 is 15.4 Å². The molecule has 0 atom stereocenters. The van der Waals surface area contributed by atoms with Crippen molar-refractivity contribution >= 4 is 27.5 Å². The Labute approximate surface area is 122 Å². The first-order valence-corrected chi connectivity index (χ1v) is 6.61. The van der Waals surface area contributed by atoms with Crippen LogP contribution in [0.15, 0.2) is 22.7 Å². The van der Waals surface area contributed by atoms with Crippen molar-refractivity contribution in [1.29, 1.82) is 0 Å². The molecule has 0 radical (unpaired) electrons. The Morgan fingerprint density at radius 3 is 2.70 bits per heavy atom. The number of hydrogen-bond donors (Lipinski definition) is 2. The first-order valence-electron chi connectivity index (χ1n) is 5.81. The number of ether oxygens (including phenoxy) is 1. The second kappa shape index (κ2) is 7.49. The summed E-state index contributed by atoms with van der Waals surface area (Å²) in [6.07, 6.45) is -4.01. The van der Waals surface area contributed by atoms with E-state index in [1.54, 1.807) is 7.05 Å². The summed E-state index contributed by atoms with van der Waals surface area (Å²) in [4.78, 5) is 11.6. The lowest BCUT2D eigenvalue weighted by Gasteiger charge is -2.14. The fourth-order valence-corrected chi connectivity index (χ4v) is 1.79. The number of benzene rings is 1. The highest BCUT2D eigenvalue weighted by Gasteiger charge is 2.32. The Morgan fingerprint density at radius 1 is 1.40 bits per heavy atom. The van der Waals surface area contributed by atoms with E-state index in [-0.39, 0.29) is 18.0 Å². The minimum atomic E-state index is -4.81. The molecule has 4 nitrogen and oxygen atoms in total. The third-order valence-corrected chi connectivity index (χ3v) is 2.77. The van der Waals surface area contributed by atoms with E-state index in [0.29, 0.717) is 17.4 Å². The summed E-state index contributed by atoms with van der Waals surface area (Å²) in [5.41, 5.74) is -0.0139. The quantitative estimate of drug-likeness (QED) is 0.770. The topological polar surface area (TPSA) is 50.4 Å². The van der Waals surface area contributed by atoms with Crippen molar-refractivity contribution in [2.45, 2.75) is 19.2 Å². The first kappa shape index (κ1) is 16.8. The molecule has 1 aromatic rings. The number of anilines is 1. The van der Waals surface area contributed by atoms with Crippen molar-refractivity contribution in [3.05, 3.63) is 22.7 Å². The molecule has 0 aliphatic carbocycles. The Balaban J connectivity index is 2.76. The third-order valence-electron chi connectivity index (χ3n) is 2.27. The predicted molar refractivity (Wildman–Crippen MR) is 72.6 cm³/mol. The minimum Gasteiger partial charge on any atom is -0.404 e. The van der Waals surface area contributed by atoms with Gasteiger partial charge in [-0.1, -0.05) is 15.9 Å². The van der Waals surface area contributed by atoms with Crippen LogP contribution in [0.3, 0.4) is 0 Å². The van der Waals surface area contributed by atoms with Crippen molar-refractivity contribution in [2.24, 2.45) is 0 Å². The number of amides is 1. The summed E-state index contributed by atoms with van der Waals surface area (Å²) in [6.45, 7) is 0.652. The molecular weight excluding hydrogens is 341 g/mol. The summed E-state index contributed by atoms with van der Waals surface area (Å²) < 4.78 is 41.1. The van der Waals surface area contributed by atoms with Crippen LogP contribution in [0.25, 0.3) is 0 Å². The normalized spacial score (nSPS) is 11.2. The van der Waals surface area contributed by atoms with Crippen molar-refractivity contribution < 1.29 is 22.7 Å². The second-order valence-corrected chi connectivity index (χ2v) is 4.86. The average molecular weight is 355 g/mol. The van der Waals surface area contributed by atoms with Crippen LogP contribution in [0.5, 0.6) is 5.75 Å². The lowest BCUT2D eigenvalue weighted by atomic mass is 10.2. The van der Waals surface area contributed by atoms with Crippen molar-refractivity contribution in [3.8, 4) is 5.75 Å². The highest BCUT2D eigenvalue weighted by molar-refractivity contribution is 9.10. The summed E-state index contributed by atoms with van der Waals surface area (Å²) in [5.74, 6) is -0.816. The molecule has 0 spiro atoms. The third kappa shape index (κ3) is 6.25.